The highest BCUT2D eigenvalue weighted by Gasteiger charge is 2.21. The van der Waals surface area contributed by atoms with Crippen LogP contribution >= 0.6 is 0 Å². The standard InChI is InChI=1S/C13H18N2O4/c1-4-7-14(9(2)3)13(17)10-5-6-11(15(18)19)12(16)8-10/h5-6,8-9,16H,4,7H2,1-3H3. The highest BCUT2D eigenvalue weighted by molar-refractivity contribution is 5.95. The summed E-state index contributed by atoms with van der Waals surface area (Å²) in [7, 11) is 0. The Hall–Kier alpha value is -2.11. The molecule has 0 fully saturated rings. The number of nitro groups is 1. The van der Waals surface area contributed by atoms with E-state index >= 15 is 0 Å². The normalized spacial score (nSPS) is 10.5. The van der Waals surface area contributed by atoms with E-state index in [1.54, 1.807) is 4.90 Å². The van der Waals surface area contributed by atoms with Crippen molar-refractivity contribution in [1.82, 2.24) is 4.90 Å². The lowest BCUT2D eigenvalue weighted by Crippen LogP contribution is -2.37. The Morgan fingerprint density at radius 1 is 1.47 bits per heavy atom. The van der Waals surface area contributed by atoms with Crippen molar-refractivity contribution in [2.24, 2.45) is 0 Å². The summed E-state index contributed by atoms with van der Waals surface area (Å²) in [6, 6.07) is 3.69. The van der Waals surface area contributed by atoms with Crippen LogP contribution in [-0.2, 0) is 0 Å². The predicted molar refractivity (Wildman–Crippen MR) is 71.2 cm³/mol. The van der Waals surface area contributed by atoms with Gasteiger partial charge >= 0.3 is 5.69 Å². The fourth-order valence-electron chi connectivity index (χ4n) is 1.81. The fraction of sp³-hybridized carbons (Fsp3) is 0.462. The topological polar surface area (TPSA) is 83.7 Å². The van der Waals surface area contributed by atoms with Gasteiger partial charge in [-0.1, -0.05) is 6.92 Å². The van der Waals surface area contributed by atoms with Crippen LogP contribution in [0.4, 0.5) is 5.69 Å². The first-order valence-corrected chi connectivity index (χ1v) is 6.16. The molecule has 6 heteroatoms. The molecule has 19 heavy (non-hydrogen) atoms. The van der Waals surface area contributed by atoms with Crippen LogP contribution < -0.4 is 0 Å². The molecule has 0 bridgehead atoms. The molecule has 0 aliphatic heterocycles. The summed E-state index contributed by atoms with van der Waals surface area (Å²) in [5, 5.41) is 20.1. The second-order valence-corrected chi connectivity index (χ2v) is 4.55. The summed E-state index contributed by atoms with van der Waals surface area (Å²) in [6.45, 7) is 6.38. The van der Waals surface area contributed by atoms with Gasteiger partial charge in [0.05, 0.1) is 4.92 Å². The number of aromatic hydroxyl groups is 1. The number of phenolic OH excluding ortho intramolecular Hbond substituents is 1. The maximum Gasteiger partial charge on any atom is 0.310 e. The molecule has 0 aliphatic carbocycles. The second kappa shape index (κ2) is 6.17. The SMILES string of the molecule is CCCN(C(=O)c1ccc([N+](=O)[O-])c(O)c1)C(C)C. The molecule has 0 atom stereocenters. The van der Waals surface area contributed by atoms with Gasteiger partial charge < -0.3 is 10.0 Å². The fourth-order valence-corrected chi connectivity index (χ4v) is 1.81. The summed E-state index contributed by atoms with van der Waals surface area (Å²) in [5.74, 6) is -0.724. The molecule has 0 saturated carbocycles. The van der Waals surface area contributed by atoms with E-state index in [4.69, 9.17) is 0 Å². The zero-order chi connectivity index (χ0) is 14.6. The van der Waals surface area contributed by atoms with Gasteiger partial charge in [-0.3, -0.25) is 14.9 Å². The molecule has 1 aromatic carbocycles. The summed E-state index contributed by atoms with van der Waals surface area (Å²) in [5.41, 5.74) is -0.145. The van der Waals surface area contributed by atoms with Crippen molar-refractivity contribution in [1.29, 1.82) is 0 Å². The zero-order valence-corrected chi connectivity index (χ0v) is 11.3. The maximum absolute atomic E-state index is 12.3. The predicted octanol–water partition coefficient (Wildman–Crippen LogP) is 2.56. The van der Waals surface area contributed by atoms with Gasteiger partial charge in [-0.25, -0.2) is 0 Å². The Kier molecular flexibility index (Phi) is 4.86. The van der Waals surface area contributed by atoms with Crippen LogP contribution in [-0.4, -0.2) is 33.4 Å². The molecule has 1 N–H and O–H groups in total. The molecular formula is C13H18N2O4. The van der Waals surface area contributed by atoms with E-state index in [1.807, 2.05) is 20.8 Å². The van der Waals surface area contributed by atoms with Gasteiger partial charge in [0.2, 0.25) is 0 Å². The van der Waals surface area contributed by atoms with Crippen LogP contribution in [0.15, 0.2) is 18.2 Å². The lowest BCUT2D eigenvalue weighted by Gasteiger charge is -2.26. The third-order valence-corrected chi connectivity index (χ3v) is 2.77. The first-order valence-electron chi connectivity index (χ1n) is 6.16. The Morgan fingerprint density at radius 2 is 2.11 bits per heavy atom. The van der Waals surface area contributed by atoms with Gasteiger partial charge in [0.1, 0.15) is 0 Å². The summed E-state index contributed by atoms with van der Waals surface area (Å²) < 4.78 is 0. The van der Waals surface area contributed by atoms with E-state index < -0.39 is 16.4 Å². The maximum atomic E-state index is 12.3. The molecule has 0 aromatic heterocycles. The van der Waals surface area contributed by atoms with Crippen LogP contribution in [0.2, 0.25) is 0 Å². The van der Waals surface area contributed by atoms with Crippen LogP contribution in [0.3, 0.4) is 0 Å². The molecule has 1 aromatic rings. The third-order valence-electron chi connectivity index (χ3n) is 2.77. The Morgan fingerprint density at radius 3 is 2.53 bits per heavy atom. The molecule has 0 heterocycles. The van der Waals surface area contributed by atoms with Gasteiger partial charge in [0, 0.05) is 24.2 Å². The number of nitro benzene ring substituents is 1. The van der Waals surface area contributed by atoms with Crippen molar-refractivity contribution in [2.45, 2.75) is 33.2 Å². The first kappa shape index (κ1) is 14.9. The smallest absolute Gasteiger partial charge is 0.310 e. The Labute approximate surface area is 111 Å². The van der Waals surface area contributed by atoms with Crippen molar-refractivity contribution in [3.8, 4) is 5.75 Å². The number of hydrogen-bond acceptors (Lipinski definition) is 4. The average Bonchev–Trinajstić information content (AvgIpc) is 2.34. The minimum Gasteiger partial charge on any atom is -0.502 e. The lowest BCUT2D eigenvalue weighted by molar-refractivity contribution is -0.385. The largest absolute Gasteiger partial charge is 0.502 e. The van der Waals surface area contributed by atoms with E-state index in [1.165, 1.54) is 6.07 Å². The molecular weight excluding hydrogens is 248 g/mol. The molecule has 0 aliphatic rings. The number of nitrogens with zero attached hydrogens (tertiary/aromatic N) is 2. The quantitative estimate of drug-likeness (QED) is 0.655. The summed E-state index contributed by atoms with van der Waals surface area (Å²) >= 11 is 0. The number of carbonyl (C=O) groups is 1. The number of benzene rings is 1. The number of amides is 1. The molecule has 1 rings (SSSR count). The zero-order valence-electron chi connectivity index (χ0n) is 11.3. The molecule has 0 spiro atoms. The molecule has 6 nitrogen and oxygen atoms in total. The highest BCUT2D eigenvalue weighted by atomic mass is 16.6. The van der Waals surface area contributed by atoms with Crippen LogP contribution in [0.1, 0.15) is 37.6 Å². The monoisotopic (exact) mass is 266 g/mol. The van der Waals surface area contributed by atoms with Crippen LogP contribution in [0.5, 0.6) is 5.75 Å². The van der Waals surface area contributed by atoms with Gasteiger partial charge in [-0.05, 0) is 32.4 Å². The van der Waals surface area contributed by atoms with Crippen molar-refractivity contribution >= 4 is 11.6 Å². The Bertz CT molecular complexity index is 486. The van der Waals surface area contributed by atoms with Gasteiger partial charge in [0.15, 0.2) is 5.75 Å². The molecule has 0 saturated heterocycles. The number of phenols is 1. The molecule has 1 amide bonds. The van der Waals surface area contributed by atoms with Crippen molar-refractivity contribution in [3.05, 3.63) is 33.9 Å². The summed E-state index contributed by atoms with van der Waals surface area (Å²) in [6.07, 6.45) is 0.822. The molecule has 0 radical (unpaired) electrons. The van der Waals surface area contributed by atoms with E-state index in [0.717, 1.165) is 18.6 Å². The van der Waals surface area contributed by atoms with Gasteiger partial charge in [-0.15, -0.1) is 0 Å². The second-order valence-electron chi connectivity index (χ2n) is 4.55. The van der Waals surface area contributed by atoms with Crippen molar-refractivity contribution < 1.29 is 14.8 Å². The van der Waals surface area contributed by atoms with E-state index in [2.05, 4.69) is 0 Å². The minimum atomic E-state index is -0.685. The molecule has 104 valence electrons. The van der Waals surface area contributed by atoms with Crippen molar-refractivity contribution in [2.75, 3.05) is 6.54 Å². The third kappa shape index (κ3) is 3.43. The highest BCUT2D eigenvalue weighted by Crippen LogP contribution is 2.27. The summed E-state index contributed by atoms with van der Waals surface area (Å²) in [4.78, 5) is 23.8. The van der Waals surface area contributed by atoms with E-state index in [0.29, 0.717) is 6.54 Å². The minimum absolute atomic E-state index is 0.0322. The van der Waals surface area contributed by atoms with Crippen LogP contribution in [0, 0.1) is 10.1 Å². The Balaban J connectivity index is 3.05. The number of carbonyl (C=O) groups excluding carboxylic acids is 1. The first-order chi connectivity index (χ1) is 8.88. The van der Waals surface area contributed by atoms with Gasteiger partial charge in [0.25, 0.3) is 5.91 Å². The van der Waals surface area contributed by atoms with Crippen molar-refractivity contribution in [3.63, 3.8) is 0 Å². The number of rotatable bonds is 5. The van der Waals surface area contributed by atoms with Gasteiger partial charge in [-0.2, -0.15) is 0 Å². The van der Waals surface area contributed by atoms with E-state index in [9.17, 15) is 20.0 Å². The molecule has 0 unspecified atom stereocenters. The lowest BCUT2D eigenvalue weighted by atomic mass is 10.1. The van der Waals surface area contributed by atoms with Crippen LogP contribution in [0.25, 0.3) is 0 Å². The number of hydrogen-bond donors (Lipinski definition) is 1. The average molecular weight is 266 g/mol. The van der Waals surface area contributed by atoms with E-state index in [-0.39, 0.29) is 17.5 Å².